The molecule has 0 saturated carbocycles. The van der Waals surface area contributed by atoms with Gasteiger partial charge in [-0.05, 0) is 42.5 Å². The zero-order chi connectivity index (χ0) is 18.9. The summed E-state index contributed by atoms with van der Waals surface area (Å²) < 4.78 is 20.6. The van der Waals surface area contributed by atoms with E-state index >= 15 is 0 Å². The van der Waals surface area contributed by atoms with E-state index in [1.807, 2.05) is 24.3 Å². The second-order valence-corrected chi connectivity index (χ2v) is 6.09. The standard InChI is InChI=1S/C20H13FN6O/c21-14-7-5-13(6-8-14)17-11-23-20-25-24-19(27(20)26-17)12-28-18-9-10-22-16-4-2-1-3-15(16)18/h1-11H,12H2. The highest BCUT2D eigenvalue weighted by atomic mass is 19.1. The number of benzene rings is 2. The maximum absolute atomic E-state index is 13.2. The van der Waals surface area contributed by atoms with E-state index in [0.717, 1.165) is 16.5 Å². The molecule has 0 amide bonds. The van der Waals surface area contributed by atoms with Gasteiger partial charge in [-0.2, -0.15) is 9.61 Å². The van der Waals surface area contributed by atoms with Crippen molar-refractivity contribution in [1.29, 1.82) is 0 Å². The second kappa shape index (κ2) is 6.66. The third-order valence-corrected chi connectivity index (χ3v) is 4.30. The van der Waals surface area contributed by atoms with Crippen LogP contribution in [0.25, 0.3) is 27.9 Å². The summed E-state index contributed by atoms with van der Waals surface area (Å²) in [5.41, 5.74) is 2.18. The van der Waals surface area contributed by atoms with Gasteiger partial charge in [0.25, 0.3) is 5.78 Å². The lowest BCUT2D eigenvalue weighted by Crippen LogP contribution is -2.06. The molecule has 5 rings (SSSR count). The summed E-state index contributed by atoms with van der Waals surface area (Å²) in [5.74, 6) is 1.27. The molecule has 0 aliphatic carbocycles. The largest absolute Gasteiger partial charge is 0.485 e. The fourth-order valence-corrected chi connectivity index (χ4v) is 2.92. The molecule has 0 spiro atoms. The number of hydrogen-bond acceptors (Lipinski definition) is 6. The molecule has 0 N–H and O–H groups in total. The van der Waals surface area contributed by atoms with E-state index in [0.29, 0.717) is 23.0 Å². The number of halogens is 1. The first kappa shape index (κ1) is 16.2. The molecule has 7 nitrogen and oxygen atoms in total. The quantitative estimate of drug-likeness (QED) is 0.481. The van der Waals surface area contributed by atoms with E-state index in [1.165, 1.54) is 16.6 Å². The average Bonchev–Trinajstić information content (AvgIpc) is 3.15. The Labute approximate surface area is 158 Å². The van der Waals surface area contributed by atoms with Crippen molar-refractivity contribution in [1.82, 2.24) is 29.8 Å². The molecule has 0 unspecified atom stereocenters. The van der Waals surface area contributed by atoms with Crippen molar-refractivity contribution in [3.05, 3.63) is 78.6 Å². The van der Waals surface area contributed by atoms with Gasteiger partial charge in [0.2, 0.25) is 0 Å². The van der Waals surface area contributed by atoms with Gasteiger partial charge in [-0.1, -0.05) is 12.1 Å². The van der Waals surface area contributed by atoms with Gasteiger partial charge in [-0.3, -0.25) is 4.98 Å². The molecule has 136 valence electrons. The normalized spacial score (nSPS) is 11.2. The summed E-state index contributed by atoms with van der Waals surface area (Å²) in [7, 11) is 0. The lowest BCUT2D eigenvalue weighted by molar-refractivity contribution is 0.296. The molecule has 2 aromatic carbocycles. The molecule has 3 heterocycles. The van der Waals surface area contributed by atoms with Crippen LogP contribution in [0.15, 0.2) is 67.0 Å². The number of aromatic nitrogens is 6. The third kappa shape index (κ3) is 2.90. The zero-order valence-electron chi connectivity index (χ0n) is 14.5. The van der Waals surface area contributed by atoms with Crippen molar-refractivity contribution in [3.8, 4) is 17.0 Å². The molecular weight excluding hydrogens is 359 g/mol. The fraction of sp³-hybridized carbons (Fsp3) is 0.0500. The predicted molar refractivity (Wildman–Crippen MR) is 100 cm³/mol. The zero-order valence-corrected chi connectivity index (χ0v) is 14.5. The molecule has 0 aliphatic heterocycles. The van der Waals surface area contributed by atoms with E-state index in [2.05, 4.69) is 25.3 Å². The summed E-state index contributed by atoms with van der Waals surface area (Å²) in [6, 6.07) is 15.6. The van der Waals surface area contributed by atoms with Crippen molar-refractivity contribution < 1.29 is 9.13 Å². The highest BCUT2D eigenvalue weighted by Crippen LogP contribution is 2.24. The summed E-state index contributed by atoms with van der Waals surface area (Å²) in [5, 5.41) is 13.6. The molecule has 0 saturated heterocycles. The Bertz CT molecular complexity index is 1280. The SMILES string of the molecule is Fc1ccc(-c2cnc3nnc(COc4ccnc5ccccc45)n3n2)cc1. The Morgan fingerprint density at radius 1 is 0.929 bits per heavy atom. The van der Waals surface area contributed by atoms with Crippen LogP contribution in [-0.4, -0.2) is 29.8 Å². The van der Waals surface area contributed by atoms with Gasteiger partial charge in [0.1, 0.15) is 23.9 Å². The van der Waals surface area contributed by atoms with Gasteiger partial charge >= 0.3 is 0 Å². The number of pyridine rings is 1. The first-order valence-electron chi connectivity index (χ1n) is 8.58. The third-order valence-electron chi connectivity index (χ3n) is 4.30. The molecule has 0 radical (unpaired) electrons. The predicted octanol–water partition coefficient (Wildman–Crippen LogP) is 3.45. The number of nitrogens with zero attached hydrogens (tertiary/aromatic N) is 6. The summed E-state index contributed by atoms with van der Waals surface area (Å²) >= 11 is 0. The topological polar surface area (TPSA) is 78.1 Å². The maximum Gasteiger partial charge on any atom is 0.272 e. The van der Waals surface area contributed by atoms with Gasteiger partial charge in [0.05, 0.1) is 11.7 Å². The van der Waals surface area contributed by atoms with Crippen molar-refractivity contribution in [2.24, 2.45) is 0 Å². The maximum atomic E-state index is 13.2. The van der Waals surface area contributed by atoms with Crippen LogP contribution in [0.1, 0.15) is 5.82 Å². The summed E-state index contributed by atoms with van der Waals surface area (Å²) in [4.78, 5) is 8.60. The smallest absolute Gasteiger partial charge is 0.272 e. The van der Waals surface area contributed by atoms with E-state index in [1.54, 1.807) is 30.6 Å². The molecule has 0 aliphatic rings. The van der Waals surface area contributed by atoms with Gasteiger partial charge in [0, 0.05) is 17.1 Å². The Kier molecular flexibility index (Phi) is 3.86. The Balaban J connectivity index is 1.47. The Hall–Kier alpha value is -3.94. The Morgan fingerprint density at radius 3 is 2.68 bits per heavy atom. The number of para-hydroxylation sites is 1. The van der Waals surface area contributed by atoms with Crippen LogP contribution < -0.4 is 4.74 Å². The number of fused-ring (bicyclic) bond motifs is 2. The van der Waals surface area contributed by atoms with E-state index in [4.69, 9.17) is 4.74 Å². The molecule has 3 aromatic heterocycles. The molecule has 28 heavy (non-hydrogen) atoms. The van der Waals surface area contributed by atoms with Crippen LogP contribution >= 0.6 is 0 Å². The van der Waals surface area contributed by atoms with Crippen molar-refractivity contribution in [2.75, 3.05) is 0 Å². The van der Waals surface area contributed by atoms with Crippen molar-refractivity contribution in [3.63, 3.8) is 0 Å². The first-order chi connectivity index (χ1) is 13.8. The van der Waals surface area contributed by atoms with Crippen LogP contribution in [0.5, 0.6) is 5.75 Å². The van der Waals surface area contributed by atoms with Gasteiger partial charge < -0.3 is 4.74 Å². The van der Waals surface area contributed by atoms with Crippen LogP contribution in [0.3, 0.4) is 0 Å². The second-order valence-electron chi connectivity index (χ2n) is 6.09. The monoisotopic (exact) mass is 372 g/mol. The van der Waals surface area contributed by atoms with Crippen LogP contribution in [-0.2, 0) is 6.61 Å². The molecule has 8 heteroatoms. The highest BCUT2D eigenvalue weighted by molar-refractivity contribution is 5.84. The molecule has 0 bridgehead atoms. The minimum absolute atomic E-state index is 0.163. The highest BCUT2D eigenvalue weighted by Gasteiger charge is 2.12. The number of rotatable bonds is 4. The molecule has 0 atom stereocenters. The van der Waals surface area contributed by atoms with Crippen LogP contribution in [0, 0.1) is 5.82 Å². The number of hydrogen-bond donors (Lipinski definition) is 0. The van der Waals surface area contributed by atoms with E-state index < -0.39 is 0 Å². The minimum atomic E-state index is -0.305. The summed E-state index contributed by atoms with van der Waals surface area (Å²) in [6.45, 7) is 0.163. The van der Waals surface area contributed by atoms with Crippen LogP contribution in [0.4, 0.5) is 4.39 Å². The molecule has 5 aromatic rings. The van der Waals surface area contributed by atoms with Crippen LogP contribution in [0.2, 0.25) is 0 Å². The van der Waals surface area contributed by atoms with Crippen molar-refractivity contribution in [2.45, 2.75) is 6.61 Å². The van der Waals surface area contributed by atoms with Gasteiger partial charge in [-0.25, -0.2) is 9.37 Å². The van der Waals surface area contributed by atoms with E-state index in [9.17, 15) is 4.39 Å². The fourth-order valence-electron chi connectivity index (χ4n) is 2.92. The van der Waals surface area contributed by atoms with Gasteiger partial charge in [0.15, 0.2) is 5.82 Å². The lowest BCUT2D eigenvalue weighted by Gasteiger charge is -2.08. The first-order valence-corrected chi connectivity index (χ1v) is 8.58. The van der Waals surface area contributed by atoms with Gasteiger partial charge in [-0.15, -0.1) is 10.2 Å². The molecular formula is C20H13FN6O. The lowest BCUT2D eigenvalue weighted by atomic mass is 10.2. The minimum Gasteiger partial charge on any atom is -0.485 e. The molecule has 0 fully saturated rings. The number of ether oxygens (including phenoxy) is 1. The van der Waals surface area contributed by atoms with E-state index in [-0.39, 0.29) is 12.4 Å². The Morgan fingerprint density at radius 2 is 1.79 bits per heavy atom. The summed E-state index contributed by atoms with van der Waals surface area (Å²) in [6.07, 6.45) is 3.28. The van der Waals surface area contributed by atoms with Crippen molar-refractivity contribution >= 4 is 16.7 Å². The average molecular weight is 372 g/mol.